The van der Waals surface area contributed by atoms with Crippen LogP contribution in [0.2, 0.25) is 0 Å². The Labute approximate surface area is 156 Å². The van der Waals surface area contributed by atoms with Crippen LogP contribution in [-0.2, 0) is 15.1 Å². The molecule has 2 heterocycles. The molecule has 7 heteroatoms. The van der Waals surface area contributed by atoms with Crippen LogP contribution in [0.15, 0.2) is 41.8 Å². The summed E-state index contributed by atoms with van der Waals surface area (Å²) in [7, 11) is 0. The molecule has 2 aromatic rings. The second kappa shape index (κ2) is 6.92. The minimum Gasteiger partial charge on any atom is -0.347 e. The second-order valence-electron chi connectivity index (χ2n) is 6.62. The number of rotatable bonds is 5. The molecule has 3 rings (SSSR count). The topological polar surface area (TPSA) is 78.5 Å². The number of hydrogen-bond acceptors (Lipinski definition) is 4. The maximum Gasteiger partial charge on any atom is 0.325 e. The van der Waals surface area contributed by atoms with Crippen LogP contribution in [0.4, 0.5) is 4.79 Å². The van der Waals surface area contributed by atoms with Crippen molar-refractivity contribution in [2.75, 3.05) is 6.54 Å². The number of carbonyl (C=O) groups is 3. The molecule has 0 unspecified atom stereocenters. The average Bonchev–Trinajstić information content (AvgIpc) is 3.20. The Morgan fingerprint density at radius 2 is 1.96 bits per heavy atom. The van der Waals surface area contributed by atoms with Crippen LogP contribution >= 0.6 is 11.3 Å². The van der Waals surface area contributed by atoms with Crippen LogP contribution in [0, 0.1) is 6.92 Å². The minimum absolute atomic E-state index is 0.174. The normalized spacial score (nSPS) is 20.8. The average molecular weight is 371 g/mol. The van der Waals surface area contributed by atoms with Gasteiger partial charge in [-0.25, -0.2) is 4.79 Å². The summed E-state index contributed by atoms with van der Waals surface area (Å²) in [6.45, 7) is 5.17. The van der Waals surface area contributed by atoms with Crippen LogP contribution in [0.25, 0.3) is 0 Å². The summed E-state index contributed by atoms with van der Waals surface area (Å²) in [5, 5.41) is 7.47. The zero-order valence-corrected chi connectivity index (χ0v) is 15.7. The molecule has 0 bridgehead atoms. The number of benzene rings is 1. The Morgan fingerprint density at radius 3 is 2.58 bits per heavy atom. The van der Waals surface area contributed by atoms with Gasteiger partial charge in [0.2, 0.25) is 5.91 Å². The first-order chi connectivity index (χ1) is 12.3. The van der Waals surface area contributed by atoms with Crippen LogP contribution in [0.1, 0.15) is 35.9 Å². The standard InChI is InChI=1S/C19H21N3O3S/c1-12-6-8-14(9-7-12)19(3)17(24)22(18(25)21-19)11-16(23)20-13(2)15-5-4-10-26-15/h4-10,13H,11H2,1-3H3,(H,20,23)(H,21,25)/t13-,19+/m0/s1. The number of nitrogens with one attached hydrogen (secondary N) is 2. The number of thiophene rings is 1. The second-order valence-corrected chi connectivity index (χ2v) is 7.60. The molecule has 0 radical (unpaired) electrons. The molecule has 1 aliphatic rings. The van der Waals surface area contributed by atoms with E-state index in [-0.39, 0.29) is 18.5 Å². The molecule has 26 heavy (non-hydrogen) atoms. The molecular formula is C19H21N3O3S. The van der Waals surface area contributed by atoms with Gasteiger partial charge in [-0.15, -0.1) is 11.3 Å². The molecular weight excluding hydrogens is 350 g/mol. The van der Waals surface area contributed by atoms with Crippen LogP contribution in [0.5, 0.6) is 0 Å². The molecule has 4 amide bonds. The highest BCUT2D eigenvalue weighted by atomic mass is 32.1. The van der Waals surface area contributed by atoms with Crippen molar-refractivity contribution in [2.45, 2.75) is 32.4 Å². The molecule has 1 aromatic heterocycles. The van der Waals surface area contributed by atoms with Gasteiger partial charge in [0.25, 0.3) is 5.91 Å². The van der Waals surface area contributed by atoms with Crippen LogP contribution in [-0.4, -0.2) is 29.3 Å². The van der Waals surface area contributed by atoms with Crippen molar-refractivity contribution < 1.29 is 14.4 Å². The summed E-state index contributed by atoms with van der Waals surface area (Å²) in [4.78, 5) is 39.4. The summed E-state index contributed by atoms with van der Waals surface area (Å²) in [5.74, 6) is -0.798. The number of nitrogens with zero attached hydrogens (tertiary/aromatic N) is 1. The lowest BCUT2D eigenvalue weighted by Gasteiger charge is -2.22. The van der Waals surface area contributed by atoms with E-state index in [9.17, 15) is 14.4 Å². The largest absolute Gasteiger partial charge is 0.347 e. The molecule has 0 aliphatic carbocycles. The Hall–Kier alpha value is -2.67. The zero-order valence-electron chi connectivity index (χ0n) is 14.9. The predicted molar refractivity (Wildman–Crippen MR) is 99.7 cm³/mol. The first-order valence-corrected chi connectivity index (χ1v) is 9.23. The van der Waals surface area contributed by atoms with Crippen LogP contribution in [0.3, 0.4) is 0 Å². The van der Waals surface area contributed by atoms with Crippen molar-refractivity contribution in [1.82, 2.24) is 15.5 Å². The quantitative estimate of drug-likeness (QED) is 0.793. The molecule has 1 aliphatic heterocycles. The van der Waals surface area contributed by atoms with Crippen molar-refractivity contribution in [1.29, 1.82) is 0 Å². The third-order valence-corrected chi connectivity index (χ3v) is 5.61. The van der Waals surface area contributed by atoms with Gasteiger partial charge in [0.15, 0.2) is 0 Å². The van der Waals surface area contributed by atoms with E-state index in [2.05, 4.69) is 10.6 Å². The minimum atomic E-state index is -1.16. The summed E-state index contributed by atoms with van der Waals surface area (Å²) in [6, 6.07) is 10.5. The molecule has 0 spiro atoms. The first-order valence-electron chi connectivity index (χ1n) is 8.35. The zero-order chi connectivity index (χ0) is 18.9. The predicted octanol–water partition coefficient (Wildman–Crippen LogP) is 2.70. The van der Waals surface area contributed by atoms with Gasteiger partial charge in [-0.05, 0) is 37.8 Å². The summed E-state index contributed by atoms with van der Waals surface area (Å²) < 4.78 is 0. The van der Waals surface area contributed by atoms with E-state index in [4.69, 9.17) is 0 Å². The van der Waals surface area contributed by atoms with Gasteiger partial charge < -0.3 is 10.6 Å². The third kappa shape index (κ3) is 3.35. The lowest BCUT2D eigenvalue weighted by Crippen LogP contribution is -2.43. The van der Waals surface area contributed by atoms with E-state index < -0.39 is 17.5 Å². The summed E-state index contributed by atoms with van der Waals surface area (Å²) >= 11 is 1.54. The fraction of sp³-hybridized carbons (Fsp3) is 0.316. The Bertz CT molecular complexity index is 832. The molecule has 2 atom stereocenters. The van der Waals surface area contributed by atoms with Gasteiger partial charge in [0.1, 0.15) is 12.1 Å². The number of amides is 4. The number of urea groups is 1. The Kier molecular flexibility index (Phi) is 4.82. The lowest BCUT2D eigenvalue weighted by atomic mass is 9.91. The lowest BCUT2D eigenvalue weighted by molar-refractivity contribution is -0.135. The van der Waals surface area contributed by atoms with Gasteiger partial charge in [0, 0.05) is 4.88 Å². The number of aryl methyl sites for hydroxylation is 1. The van der Waals surface area contributed by atoms with Gasteiger partial charge in [0.05, 0.1) is 6.04 Å². The fourth-order valence-corrected chi connectivity index (χ4v) is 3.70. The molecule has 1 saturated heterocycles. The summed E-state index contributed by atoms with van der Waals surface area (Å²) in [6.07, 6.45) is 0. The van der Waals surface area contributed by atoms with Crippen LogP contribution < -0.4 is 10.6 Å². The van der Waals surface area contributed by atoms with E-state index in [0.29, 0.717) is 5.56 Å². The Morgan fingerprint density at radius 1 is 1.27 bits per heavy atom. The maximum absolute atomic E-state index is 12.8. The number of imide groups is 1. The fourth-order valence-electron chi connectivity index (χ4n) is 2.96. The van der Waals surface area contributed by atoms with Crippen molar-refractivity contribution in [3.05, 3.63) is 57.8 Å². The highest BCUT2D eigenvalue weighted by molar-refractivity contribution is 7.10. The van der Waals surface area contributed by atoms with Gasteiger partial charge in [-0.2, -0.15) is 0 Å². The maximum atomic E-state index is 12.8. The van der Waals surface area contributed by atoms with Crippen molar-refractivity contribution >= 4 is 29.2 Å². The van der Waals surface area contributed by atoms with E-state index in [1.54, 1.807) is 18.3 Å². The van der Waals surface area contributed by atoms with Gasteiger partial charge >= 0.3 is 6.03 Å². The van der Waals surface area contributed by atoms with E-state index >= 15 is 0 Å². The highest BCUT2D eigenvalue weighted by Crippen LogP contribution is 2.29. The SMILES string of the molecule is Cc1ccc([C@@]2(C)NC(=O)N(CC(=O)N[C@@H](C)c3cccs3)C2=O)cc1. The van der Waals surface area contributed by atoms with E-state index in [0.717, 1.165) is 15.3 Å². The molecule has 1 aromatic carbocycles. The van der Waals surface area contributed by atoms with E-state index in [1.807, 2.05) is 55.6 Å². The number of hydrogen-bond donors (Lipinski definition) is 2. The van der Waals surface area contributed by atoms with E-state index in [1.165, 1.54) is 0 Å². The number of carbonyl (C=O) groups excluding carboxylic acids is 3. The molecule has 2 N–H and O–H groups in total. The Balaban J connectivity index is 1.71. The molecule has 0 saturated carbocycles. The third-order valence-electron chi connectivity index (χ3n) is 4.55. The van der Waals surface area contributed by atoms with Crippen molar-refractivity contribution in [3.8, 4) is 0 Å². The monoisotopic (exact) mass is 371 g/mol. The highest BCUT2D eigenvalue weighted by Gasteiger charge is 2.49. The van der Waals surface area contributed by atoms with Gasteiger partial charge in [-0.1, -0.05) is 35.9 Å². The van der Waals surface area contributed by atoms with Crippen molar-refractivity contribution in [3.63, 3.8) is 0 Å². The molecule has 6 nitrogen and oxygen atoms in total. The smallest absolute Gasteiger partial charge is 0.325 e. The molecule has 136 valence electrons. The first kappa shape index (κ1) is 18.1. The summed E-state index contributed by atoms with van der Waals surface area (Å²) in [5.41, 5.74) is 0.592. The van der Waals surface area contributed by atoms with Gasteiger partial charge in [-0.3, -0.25) is 14.5 Å². The van der Waals surface area contributed by atoms with Crippen molar-refractivity contribution in [2.24, 2.45) is 0 Å². The molecule has 1 fully saturated rings.